The predicted molar refractivity (Wildman–Crippen MR) is 57.4 cm³/mol. The zero-order chi connectivity index (χ0) is 9.97. The maximum atomic E-state index is 5.94. The highest BCUT2D eigenvalue weighted by Crippen LogP contribution is 2.27. The first-order valence-corrected chi connectivity index (χ1v) is 5.16. The van der Waals surface area contributed by atoms with Crippen LogP contribution in [0.5, 0.6) is 0 Å². The summed E-state index contributed by atoms with van der Waals surface area (Å²) in [6.45, 7) is 0. The van der Waals surface area contributed by atoms with E-state index in [0.29, 0.717) is 15.2 Å². The zero-order valence-corrected chi connectivity index (χ0v) is 9.07. The molecule has 0 aliphatic carbocycles. The van der Waals surface area contributed by atoms with E-state index in [0.717, 1.165) is 17.2 Å². The summed E-state index contributed by atoms with van der Waals surface area (Å²) < 4.78 is 3.61. The van der Waals surface area contributed by atoms with Crippen molar-refractivity contribution in [3.05, 3.63) is 28.2 Å². The number of halogens is 2. The summed E-state index contributed by atoms with van der Waals surface area (Å²) in [6.07, 6.45) is 0. The second-order valence-corrected chi connectivity index (χ2v) is 3.99. The predicted octanol–water partition coefficient (Wildman–Crippen LogP) is 2.98. The third kappa shape index (κ3) is 2.12. The molecule has 1 aromatic heterocycles. The molecule has 0 atom stereocenters. The van der Waals surface area contributed by atoms with E-state index < -0.39 is 0 Å². The molecule has 0 saturated carbocycles. The van der Waals surface area contributed by atoms with Crippen molar-refractivity contribution in [3.63, 3.8) is 0 Å². The molecule has 0 aliphatic heterocycles. The van der Waals surface area contributed by atoms with Crippen molar-refractivity contribution in [1.29, 1.82) is 0 Å². The molecule has 2 rings (SSSR count). The number of hydrogen-bond acceptors (Lipinski definition) is 5. The number of rotatable bonds is 2. The molecular formula is C7H4Cl2N4S. The Labute approximate surface area is 94.0 Å². The van der Waals surface area contributed by atoms with Gasteiger partial charge in [0, 0.05) is 16.6 Å². The van der Waals surface area contributed by atoms with Gasteiger partial charge in [0.2, 0.25) is 5.13 Å². The summed E-state index contributed by atoms with van der Waals surface area (Å²) in [5, 5.41) is 11.9. The molecule has 7 heteroatoms. The van der Waals surface area contributed by atoms with Crippen LogP contribution in [-0.4, -0.2) is 14.8 Å². The fourth-order valence-corrected chi connectivity index (χ4v) is 1.72. The van der Waals surface area contributed by atoms with Crippen LogP contribution in [0.1, 0.15) is 0 Å². The van der Waals surface area contributed by atoms with E-state index in [1.165, 1.54) is 0 Å². The van der Waals surface area contributed by atoms with Gasteiger partial charge in [-0.05, 0) is 23.4 Å². The number of nitrogens with zero attached hydrogens (tertiary/aromatic N) is 3. The number of aromatic nitrogens is 3. The molecule has 0 spiro atoms. The van der Waals surface area contributed by atoms with Crippen LogP contribution in [0, 0.1) is 0 Å². The van der Waals surface area contributed by atoms with Crippen molar-refractivity contribution in [2.75, 3.05) is 5.32 Å². The molecule has 0 aliphatic rings. The van der Waals surface area contributed by atoms with Crippen LogP contribution < -0.4 is 5.32 Å². The molecule has 0 fully saturated rings. The minimum absolute atomic E-state index is 0.535. The molecular weight excluding hydrogens is 243 g/mol. The summed E-state index contributed by atoms with van der Waals surface area (Å²) in [5.41, 5.74) is 0.731. The maximum absolute atomic E-state index is 5.94. The minimum atomic E-state index is 0.535. The number of anilines is 2. The van der Waals surface area contributed by atoms with Gasteiger partial charge in [-0.25, -0.2) is 0 Å². The molecule has 0 amide bonds. The fourth-order valence-electron chi connectivity index (χ4n) is 0.888. The Kier molecular flexibility index (Phi) is 2.81. The monoisotopic (exact) mass is 246 g/mol. The molecule has 1 heterocycles. The van der Waals surface area contributed by atoms with E-state index >= 15 is 0 Å². The van der Waals surface area contributed by atoms with Gasteiger partial charge in [-0.2, -0.15) is 0 Å². The van der Waals surface area contributed by atoms with E-state index in [1.54, 1.807) is 18.2 Å². The van der Waals surface area contributed by atoms with Crippen molar-refractivity contribution in [1.82, 2.24) is 14.8 Å². The van der Waals surface area contributed by atoms with Gasteiger partial charge in [0.05, 0.1) is 10.7 Å². The van der Waals surface area contributed by atoms with Crippen molar-refractivity contribution in [2.45, 2.75) is 0 Å². The van der Waals surface area contributed by atoms with Crippen LogP contribution in [-0.2, 0) is 0 Å². The quantitative estimate of drug-likeness (QED) is 0.886. The van der Waals surface area contributed by atoms with Crippen LogP contribution in [0.2, 0.25) is 10.0 Å². The number of hydrogen-bond donors (Lipinski definition) is 1. The van der Waals surface area contributed by atoms with Gasteiger partial charge < -0.3 is 5.32 Å². The summed E-state index contributed by atoms with van der Waals surface area (Å²) in [6, 6.07) is 5.16. The van der Waals surface area contributed by atoms with Crippen LogP contribution in [0.15, 0.2) is 18.2 Å². The van der Waals surface area contributed by atoms with Crippen LogP contribution in [0.25, 0.3) is 0 Å². The van der Waals surface area contributed by atoms with Gasteiger partial charge in [-0.15, -0.1) is 0 Å². The van der Waals surface area contributed by atoms with E-state index in [1.807, 2.05) is 0 Å². The molecule has 14 heavy (non-hydrogen) atoms. The smallest absolute Gasteiger partial charge is 0.229 e. The Hall–Kier alpha value is -0.910. The Balaban J connectivity index is 2.25. The van der Waals surface area contributed by atoms with Crippen molar-refractivity contribution in [2.24, 2.45) is 0 Å². The van der Waals surface area contributed by atoms with Gasteiger partial charge in [-0.1, -0.05) is 32.8 Å². The van der Waals surface area contributed by atoms with Crippen molar-refractivity contribution in [3.8, 4) is 0 Å². The average molecular weight is 247 g/mol. The first kappa shape index (κ1) is 9.64. The summed E-state index contributed by atoms with van der Waals surface area (Å²) in [4.78, 5) is 0. The number of nitrogens with one attached hydrogen (secondary N) is 1. The highest BCUT2D eigenvalue weighted by molar-refractivity contribution is 7.09. The molecule has 2 aromatic rings. The molecule has 4 nitrogen and oxygen atoms in total. The van der Waals surface area contributed by atoms with E-state index in [-0.39, 0.29) is 0 Å². The normalized spacial score (nSPS) is 10.1. The van der Waals surface area contributed by atoms with Crippen LogP contribution >= 0.6 is 34.7 Å². The van der Waals surface area contributed by atoms with Gasteiger partial charge in [0.15, 0.2) is 0 Å². The van der Waals surface area contributed by atoms with Gasteiger partial charge in [0.25, 0.3) is 0 Å². The molecule has 0 radical (unpaired) electrons. The van der Waals surface area contributed by atoms with E-state index in [4.69, 9.17) is 23.2 Å². The molecule has 1 N–H and O–H groups in total. The summed E-state index contributed by atoms with van der Waals surface area (Å²) in [7, 11) is 0. The summed E-state index contributed by atoms with van der Waals surface area (Å²) >= 11 is 12.8. The molecule has 1 aromatic carbocycles. The Morgan fingerprint density at radius 2 is 2.14 bits per heavy atom. The molecule has 0 saturated heterocycles. The lowest BCUT2D eigenvalue weighted by atomic mass is 10.3. The largest absolute Gasteiger partial charge is 0.328 e. The standard InChI is InChI=1S/C7H4Cl2N4S/c8-4-1-2-6(5(9)3-4)10-7-11-12-13-14-7/h1-3H,(H,10,11,13). The topological polar surface area (TPSA) is 50.7 Å². The van der Waals surface area contributed by atoms with E-state index in [9.17, 15) is 0 Å². The lowest BCUT2D eigenvalue weighted by Gasteiger charge is -2.03. The summed E-state index contributed by atoms with van der Waals surface area (Å²) in [5.74, 6) is 0. The Morgan fingerprint density at radius 3 is 2.79 bits per heavy atom. The zero-order valence-electron chi connectivity index (χ0n) is 6.74. The second-order valence-electron chi connectivity index (χ2n) is 2.42. The second kappa shape index (κ2) is 4.08. The molecule has 72 valence electrons. The molecule has 0 bridgehead atoms. The maximum Gasteiger partial charge on any atom is 0.229 e. The third-order valence-electron chi connectivity index (χ3n) is 1.47. The average Bonchev–Trinajstić information content (AvgIpc) is 2.62. The number of benzene rings is 1. The van der Waals surface area contributed by atoms with Crippen LogP contribution in [0.4, 0.5) is 10.8 Å². The van der Waals surface area contributed by atoms with Gasteiger partial charge in [0.1, 0.15) is 0 Å². The lowest BCUT2D eigenvalue weighted by Crippen LogP contribution is -1.90. The van der Waals surface area contributed by atoms with Crippen molar-refractivity contribution < 1.29 is 0 Å². The lowest BCUT2D eigenvalue weighted by molar-refractivity contribution is 0.961. The Morgan fingerprint density at radius 1 is 1.29 bits per heavy atom. The van der Waals surface area contributed by atoms with Gasteiger partial charge >= 0.3 is 0 Å². The first-order chi connectivity index (χ1) is 6.75. The third-order valence-corrected chi connectivity index (χ3v) is 2.53. The Bertz CT molecular complexity index is 431. The van der Waals surface area contributed by atoms with Crippen LogP contribution in [0.3, 0.4) is 0 Å². The first-order valence-electron chi connectivity index (χ1n) is 3.63. The van der Waals surface area contributed by atoms with Crippen molar-refractivity contribution >= 4 is 45.6 Å². The molecule has 0 unspecified atom stereocenters. The SMILES string of the molecule is Clc1ccc(Nc2nnns2)c(Cl)c1. The minimum Gasteiger partial charge on any atom is -0.328 e. The van der Waals surface area contributed by atoms with Gasteiger partial charge in [-0.3, -0.25) is 0 Å². The highest BCUT2D eigenvalue weighted by atomic mass is 35.5. The highest BCUT2D eigenvalue weighted by Gasteiger charge is 2.03. The fraction of sp³-hybridized carbons (Fsp3) is 0. The van der Waals surface area contributed by atoms with E-state index in [2.05, 4.69) is 20.1 Å².